The molecular formula is C11H24N2S. The molecule has 1 unspecified atom stereocenters. The standard InChI is InChI=1S/C11H24N2S/c1-9(2)13-7-5-6-11(12-14-4)8-10(13)3/h9-12H,5-8H2,1-4H3/t10-,11?/m0/s1. The maximum Gasteiger partial charge on any atom is 0.0187 e. The zero-order valence-corrected chi connectivity index (χ0v) is 10.7. The molecule has 84 valence electrons. The molecule has 0 bridgehead atoms. The Balaban J connectivity index is 2.47. The van der Waals surface area contributed by atoms with Gasteiger partial charge >= 0.3 is 0 Å². The van der Waals surface area contributed by atoms with Crippen LogP contribution in [0.2, 0.25) is 0 Å². The summed E-state index contributed by atoms with van der Waals surface area (Å²) in [5.74, 6) is 0. The molecule has 2 nitrogen and oxygen atoms in total. The van der Waals surface area contributed by atoms with Crippen molar-refractivity contribution in [1.29, 1.82) is 0 Å². The molecule has 0 spiro atoms. The zero-order valence-electron chi connectivity index (χ0n) is 9.92. The Labute approximate surface area is 93.0 Å². The van der Waals surface area contributed by atoms with E-state index in [1.165, 1.54) is 25.8 Å². The summed E-state index contributed by atoms with van der Waals surface area (Å²) in [5.41, 5.74) is 0. The van der Waals surface area contributed by atoms with Gasteiger partial charge in [0.1, 0.15) is 0 Å². The summed E-state index contributed by atoms with van der Waals surface area (Å²) in [6, 6.07) is 2.13. The minimum absolute atomic E-state index is 0.693. The van der Waals surface area contributed by atoms with Gasteiger partial charge in [-0.3, -0.25) is 9.62 Å². The summed E-state index contributed by atoms with van der Waals surface area (Å²) < 4.78 is 3.50. The van der Waals surface area contributed by atoms with Gasteiger partial charge in [0, 0.05) is 18.1 Å². The lowest BCUT2D eigenvalue weighted by Crippen LogP contribution is -2.39. The Morgan fingerprint density at radius 3 is 2.71 bits per heavy atom. The van der Waals surface area contributed by atoms with Gasteiger partial charge < -0.3 is 0 Å². The lowest BCUT2D eigenvalue weighted by Gasteiger charge is -2.31. The van der Waals surface area contributed by atoms with Crippen LogP contribution in [0.3, 0.4) is 0 Å². The van der Waals surface area contributed by atoms with Gasteiger partial charge in [-0.1, -0.05) is 11.9 Å². The molecule has 1 heterocycles. The average Bonchev–Trinajstić information content (AvgIpc) is 2.27. The summed E-state index contributed by atoms with van der Waals surface area (Å²) in [6.45, 7) is 8.24. The molecule has 0 amide bonds. The van der Waals surface area contributed by atoms with Crippen LogP contribution in [0.5, 0.6) is 0 Å². The van der Waals surface area contributed by atoms with Crippen molar-refractivity contribution in [1.82, 2.24) is 9.62 Å². The van der Waals surface area contributed by atoms with E-state index in [-0.39, 0.29) is 0 Å². The first kappa shape index (κ1) is 12.3. The van der Waals surface area contributed by atoms with Gasteiger partial charge in [-0.25, -0.2) is 0 Å². The average molecular weight is 216 g/mol. The molecule has 1 N–H and O–H groups in total. The Morgan fingerprint density at radius 1 is 1.43 bits per heavy atom. The van der Waals surface area contributed by atoms with Crippen LogP contribution in [-0.4, -0.2) is 35.8 Å². The van der Waals surface area contributed by atoms with Crippen molar-refractivity contribution in [2.24, 2.45) is 0 Å². The van der Waals surface area contributed by atoms with Crippen molar-refractivity contribution >= 4 is 11.9 Å². The second-order valence-corrected chi connectivity index (χ2v) is 5.22. The molecule has 0 aliphatic carbocycles. The fourth-order valence-electron chi connectivity index (χ4n) is 2.45. The molecule has 1 rings (SSSR count). The van der Waals surface area contributed by atoms with Crippen molar-refractivity contribution in [2.45, 2.75) is 58.2 Å². The number of hydrogen-bond donors (Lipinski definition) is 1. The lowest BCUT2D eigenvalue weighted by atomic mass is 10.1. The van der Waals surface area contributed by atoms with E-state index in [2.05, 4.69) is 36.6 Å². The Morgan fingerprint density at radius 2 is 2.14 bits per heavy atom. The smallest absolute Gasteiger partial charge is 0.0187 e. The molecule has 0 aromatic carbocycles. The molecule has 14 heavy (non-hydrogen) atoms. The molecule has 0 aromatic rings. The minimum atomic E-state index is 0.693. The Kier molecular flexibility index (Phi) is 5.28. The molecule has 2 atom stereocenters. The number of hydrogen-bond acceptors (Lipinski definition) is 3. The van der Waals surface area contributed by atoms with Crippen LogP contribution < -0.4 is 4.72 Å². The topological polar surface area (TPSA) is 15.3 Å². The molecule has 0 aromatic heterocycles. The third-order valence-corrected chi connectivity index (χ3v) is 3.68. The predicted molar refractivity (Wildman–Crippen MR) is 65.6 cm³/mol. The first-order valence-electron chi connectivity index (χ1n) is 5.69. The number of rotatable bonds is 3. The summed E-state index contributed by atoms with van der Waals surface area (Å²) in [7, 11) is 0. The second-order valence-electron chi connectivity index (χ2n) is 4.58. The number of nitrogens with one attached hydrogen (secondary N) is 1. The molecule has 1 aliphatic heterocycles. The first-order valence-corrected chi connectivity index (χ1v) is 6.92. The van der Waals surface area contributed by atoms with Crippen molar-refractivity contribution in [3.05, 3.63) is 0 Å². The summed E-state index contributed by atoms with van der Waals surface area (Å²) in [4.78, 5) is 2.63. The van der Waals surface area contributed by atoms with Crippen LogP contribution in [-0.2, 0) is 0 Å². The van der Waals surface area contributed by atoms with E-state index >= 15 is 0 Å². The van der Waals surface area contributed by atoms with E-state index in [0.717, 1.165) is 6.04 Å². The van der Waals surface area contributed by atoms with E-state index in [1.54, 1.807) is 11.9 Å². The monoisotopic (exact) mass is 216 g/mol. The van der Waals surface area contributed by atoms with Crippen LogP contribution in [0.4, 0.5) is 0 Å². The molecular weight excluding hydrogens is 192 g/mol. The van der Waals surface area contributed by atoms with Crippen LogP contribution in [0.25, 0.3) is 0 Å². The molecule has 0 radical (unpaired) electrons. The largest absolute Gasteiger partial charge is 0.298 e. The van der Waals surface area contributed by atoms with Crippen LogP contribution in [0.15, 0.2) is 0 Å². The van der Waals surface area contributed by atoms with Gasteiger partial charge in [0.25, 0.3) is 0 Å². The highest BCUT2D eigenvalue weighted by atomic mass is 32.2. The van der Waals surface area contributed by atoms with Crippen molar-refractivity contribution in [3.63, 3.8) is 0 Å². The van der Waals surface area contributed by atoms with E-state index in [1.807, 2.05) is 0 Å². The SMILES string of the molecule is CSNC1CCCN(C(C)C)[C@@H](C)C1. The summed E-state index contributed by atoms with van der Waals surface area (Å²) in [5, 5.41) is 0. The second kappa shape index (κ2) is 5.99. The molecule has 1 saturated heterocycles. The van der Waals surface area contributed by atoms with Crippen LogP contribution in [0, 0.1) is 0 Å². The van der Waals surface area contributed by atoms with E-state index in [9.17, 15) is 0 Å². The quantitative estimate of drug-likeness (QED) is 0.730. The normalized spacial score (nSPS) is 30.6. The van der Waals surface area contributed by atoms with E-state index in [4.69, 9.17) is 0 Å². The maximum absolute atomic E-state index is 3.50. The fraction of sp³-hybridized carbons (Fsp3) is 1.00. The summed E-state index contributed by atoms with van der Waals surface area (Å²) >= 11 is 1.76. The van der Waals surface area contributed by atoms with E-state index < -0.39 is 0 Å². The molecule has 3 heteroatoms. The number of nitrogens with zero attached hydrogens (tertiary/aromatic N) is 1. The third kappa shape index (κ3) is 3.44. The van der Waals surface area contributed by atoms with Gasteiger partial charge in [0.2, 0.25) is 0 Å². The van der Waals surface area contributed by atoms with Gasteiger partial charge in [-0.05, 0) is 52.8 Å². The van der Waals surface area contributed by atoms with Crippen molar-refractivity contribution in [2.75, 3.05) is 12.8 Å². The van der Waals surface area contributed by atoms with Crippen molar-refractivity contribution < 1.29 is 0 Å². The molecule has 0 saturated carbocycles. The number of likely N-dealkylation sites (tertiary alicyclic amines) is 1. The van der Waals surface area contributed by atoms with Gasteiger partial charge in [0.05, 0.1) is 0 Å². The Bertz CT molecular complexity index is 161. The van der Waals surface area contributed by atoms with Gasteiger partial charge in [-0.2, -0.15) is 0 Å². The molecule has 1 aliphatic rings. The van der Waals surface area contributed by atoms with Crippen LogP contribution >= 0.6 is 11.9 Å². The Hall–Kier alpha value is 0.270. The van der Waals surface area contributed by atoms with Crippen molar-refractivity contribution in [3.8, 4) is 0 Å². The predicted octanol–water partition coefficient (Wildman–Crippen LogP) is 2.51. The van der Waals surface area contributed by atoms with Gasteiger partial charge in [0.15, 0.2) is 0 Å². The van der Waals surface area contributed by atoms with Gasteiger partial charge in [-0.15, -0.1) is 0 Å². The van der Waals surface area contributed by atoms with Crippen LogP contribution in [0.1, 0.15) is 40.0 Å². The first-order chi connectivity index (χ1) is 6.65. The summed E-state index contributed by atoms with van der Waals surface area (Å²) in [6.07, 6.45) is 6.07. The minimum Gasteiger partial charge on any atom is -0.298 e. The fourth-order valence-corrected chi connectivity index (χ4v) is 2.99. The maximum atomic E-state index is 3.50. The zero-order chi connectivity index (χ0) is 10.6. The highest BCUT2D eigenvalue weighted by Gasteiger charge is 2.24. The van der Waals surface area contributed by atoms with E-state index in [0.29, 0.717) is 12.1 Å². The third-order valence-electron chi connectivity index (χ3n) is 3.11. The highest BCUT2D eigenvalue weighted by molar-refractivity contribution is 7.96. The lowest BCUT2D eigenvalue weighted by molar-refractivity contribution is 0.166. The molecule has 1 fully saturated rings. The highest BCUT2D eigenvalue weighted by Crippen LogP contribution is 2.20.